The Kier molecular flexibility index (Phi) is 7.36. The Hall–Kier alpha value is -3.81. The molecule has 0 atom stereocenters. The first-order chi connectivity index (χ1) is 13.8. The van der Waals surface area contributed by atoms with Gasteiger partial charge in [0.05, 0.1) is 18.2 Å². The van der Waals surface area contributed by atoms with Gasteiger partial charge in [-0.1, -0.05) is 12.1 Å². The standard InChI is InChI=1S/C21H18FNO6/c1-13(24)23-16-8-9-17(18(22)11-16)19(25)12-29-20(26)10-5-14-3-6-15(7-4-14)21(27)28-2/h3-11H,12H2,1-2H3,(H,23,24)/b10-5+. The number of amides is 1. The molecule has 8 heteroatoms. The number of hydrogen-bond donors (Lipinski definition) is 1. The molecule has 0 heterocycles. The third kappa shape index (κ3) is 6.39. The van der Waals surface area contributed by atoms with Crippen LogP contribution in [0.3, 0.4) is 0 Å². The number of halogens is 1. The summed E-state index contributed by atoms with van der Waals surface area (Å²) in [7, 11) is 1.27. The van der Waals surface area contributed by atoms with Crippen LogP contribution in [0.25, 0.3) is 6.08 Å². The maximum atomic E-state index is 14.0. The minimum atomic E-state index is -0.835. The van der Waals surface area contributed by atoms with E-state index in [4.69, 9.17) is 4.74 Å². The van der Waals surface area contributed by atoms with Crippen LogP contribution in [0.15, 0.2) is 48.5 Å². The number of methoxy groups -OCH3 is 1. The van der Waals surface area contributed by atoms with Gasteiger partial charge in [0.2, 0.25) is 11.7 Å². The van der Waals surface area contributed by atoms with Gasteiger partial charge in [0, 0.05) is 18.7 Å². The minimum Gasteiger partial charge on any atom is -0.465 e. The summed E-state index contributed by atoms with van der Waals surface area (Å²) in [6.07, 6.45) is 2.55. The molecule has 2 aromatic rings. The van der Waals surface area contributed by atoms with Gasteiger partial charge in [-0.05, 0) is 42.0 Å². The topological polar surface area (TPSA) is 98.8 Å². The molecule has 0 saturated carbocycles. The van der Waals surface area contributed by atoms with Gasteiger partial charge in [-0.2, -0.15) is 0 Å². The lowest BCUT2D eigenvalue weighted by Crippen LogP contribution is -2.14. The second-order valence-corrected chi connectivity index (χ2v) is 5.85. The molecule has 150 valence electrons. The third-order valence-corrected chi connectivity index (χ3v) is 3.68. The van der Waals surface area contributed by atoms with Gasteiger partial charge in [-0.25, -0.2) is 14.0 Å². The van der Waals surface area contributed by atoms with Crippen LogP contribution in [0.2, 0.25) is 0 Å². The van der Waals surface area contributed by atoms with E-state index in [1.807, 2.05) is 0 Å². The fourth-order valence-corrected chi connectivity index (χ4v) is 2.30. The smallest absolute Gasteiger partial charge is 0.337 e. The van der Waals surface area contributed by atoms with Crippen molar-refractivity contribution in [2.45, 2.75) is 6.92 Å². The monoisotopic (exact) mass is 399 g/mol. The van der Waals surface area contributed by atoms with Gasteiger partial charge in [0.1, 0.15) is 5.82 Å². The first-order valence-corrected chi connectivity index (χ1v) is 8.43. The maximum absolute atomic E-state index is 14.0. The van der Waals surface area contributed by atoms with E-state index in [2.05, 4.69) is 10.1 Å². The number of esters is 2. The number of benzene rings is 2. The first-order valence-electron chi connectivity index (χ1n) is 8.43. The summed E-state index contributed by atoms with van der Waals surface area (Å²) in [6.45, 7) is 0.637. The van der Waals surface area contributed by atoms with E-state index in [1.165, 1.54) is 44.4 Å². The summed E-state index contributed by atoms with van der Waals surface area (Å²) < 4.78 is 23.4. The first kappa shape index (κ1) is 21.5. The van der Waals surface area contributed by atoms with Crippen LogP contribution in [-0.4, -0.2) is 37.3 Å². The van der Waals surface area contributed by atoms with Crippen molar-refractivity contribution in [1.29, 1.82) is 0 Å². The van der Waals surface area contributed by atoms with E-state index >= 15 is 0 Å². The molecule has 2 aromatic carbocycles. The molecule has 29 heavy (non-hydrogen) atoms. The van der Waals surface area contributed by atoms with Crippen LogP contribution in [-0.2, 0) is 19.1 Å². The lowest BCUT2D eigenvalue weighted by molar-refractivity contribution is -0.136. The Bertz CT molecular complexity index is 966. The van der Waals surface area contributed by atoms with Gasteiger partial charge in [-0.3, -0.25) is 9.59 Å². The molecule has 0 fully saturated rings. The number of ketones is 1. The number of hydrogen-bond acceptors (Lipinski definition) is 6. The molecule has 0 aliphatic rings. The normalized spacial score (nSPS) is 10.4. The second kappa shape index (κ2) is 9.93. The summed E-state index contributed by atoms with van der Waals surface area (Å²) in [5.74, 6) is -3.19. The second-order valence-electron chi connectivity index (χ2n) is 5.85. The number of carbonyl (C=O) groups is 4. The molecule has 0 aliphatic heterocycles. The lowest BCUT2D eigenvalue weighted by Gasteiger charge is -2.06. The average molecular weight is 399 g/mol. The molecule has 0 bridgehead atoms. The fraction of sp³-hybridized carbons (Fsp3) is 0.143. The molecule has 7 nitrogen and oxygen atoms in total. The number of carbonyl (C=O) groups excluding carboxylic acids is 4. The minimum absolute atomic E-state index is 0.213. The number of nitrogens with one attached hydrogen (secondary N) is 1. The average Bonchev–Trinajstić information content (AvgIpc) is 2.70. The molecule has 0 aliphatic carbocycles. The Morgan fingerprint density at radius 2 is 1.76 bits per heavy atom. The highest BCUT2D eigenvalue weighted by Gasteiger charge is 2.14. The van der Waals surface area contributed by atoms with Crippen LogP contribution >= 0.6 is 0 Å². The third-order valence-electron chi connectivity index (χ3n) is 3.68. The predicted octanol–water partition coefficient (Wildman–Crippen LogP) is 3.01. The summed E-state index contributed by atoms with van der Waals surface area (Å²) in [6, 6.07) is 9.86. The number of rotatable bonds is 7. The van der Waals surface area contributed by atoms with Crippen molar-refractivity contribution in [3.63, 3.8) is 0 Å². The number of ether oxygens (including phenoxy) is 2. The van der Waals surface area contributed by atoms with Gasteiger partial charge in [-0.15, -0.1) is 0 Å². The van der Waals surface area contributed by atoms with Crippen LogP contribution in [0.4, 0.5) is 10.1 Å². The van der Waals surface area contributed by atoms with Crippen molar-refractivity contribution in [3.8, 4) is 0 Å². The highest BCUT2D eigenvalue weighted by molar-refractivity contribution is 6.00. The molecule has 2 rings (SSSR count). The zero-order valence-corrected chi connectivity index (χ0v) is 15.7. The van der Waals surface area contributed by atoms with E-state index in [-0.39, 0.29) is 17.2 Å². The summed E-state index contributed by atoms with van der Waals surface area (Å²) in [5, 5.41) is 2.40. The molecule has 0 unspecified atom stereocenters. The van der Waals surface area contributed by atoms with E-state index in [9.17, 15) is 23.6 Å². The summed E-state index contributed by atoms with van der Waals surface area (Å²) >= 11 is 0. The molecular weight excluding hydrogens is 381 g/mol. The largest absolute Gasteiger partial charge is 0.465 e. The summed E-state index contributed by atoms with van der Waals surface area (Å²) in [4.78, 5) is 46.1. The van der Waals surface area contributed by atoms with Crippen molar-refractivity contribution < 1.29 is 33.0 Å². The van der Waals surface area contributed by atoms with Crippen molar-refractivity contribution in [2.24, 2.45) is 0 Å². The SMILES string of the molecule is COC(=O)c1ccc(/C=C/C(=O)OCC(=O)c2ccc(NC(C)=O)cc2F)cc1. The lowest BCUT2D eigenvalue weighted by atomic mass is 10.1. The van der Waals surface area contributed by atoms with E-state index in [0.717, 1.165) is 12.1 Å². The summed E-state index contributed by atoms with van der Waals surface area (Å²) in [5.41, 5.74) is 0.948. The highest BCUT2D eigenvalue weighted by atomic mass is 19.1. The molecule has 1 N–H and O–H groups in total. The Morgan fingerprint density at radius 3 is 2.34 bits per heavy atom. The number of Topliss-reactive ketones (excluding diaryl/α,β-unsaturated/α-hetero) is 1. The fourth-order valence-electron chi connectivity index (χ4n) is 2.30. The highest BCUT2D eigenvalue weighted by Crippen LogP contribution is 2.15. The molecule has 0 aromatic heterocycles. The Labute approximate surface area is 166 Å². The Balaban J connectivity index is 1.91. The predicted molar refractivity (Wildman–Crippen MR) is 103 cm³/mol. The molecule has 0 radical (unpaired) electrons. The maximum Gasteiger partial charge on any atom is 0.337 e. The van der Waals surface area contributed by atoms with Gasteiger partial charge >= 0.3 is 11.9 Å². The van der Waals surface area contributed by atoms with E-state index in [1.54, 1.807) is 12.1 Å². The Morgan fingerprint density at radius 1 is 1.07 bits per heavy atom. The van der Waals surface area contributed by atoms with Crippen LogP contribution in [0.1, 0.15) is 33.2 Å². The zero-order valence-electron chi connectivity index (χ0n) is 15.7. The van der Waals surface area contributed by atoms with Gasteiger partial charge in [0.25, 0.3) is 0 Å². The van der Waals surface area contributed by atoms with Crippen molar-refractivity contribution in [3.05, 3.63) is 71.0 Å². The number of anilines is 1. The molecule has 1 amide bonds. The van der Waals surface area contributed by atoms with Crippen LogP contribution < -0.4 is 5.32 Å². The van der Waals surface area contributed by atoms with Crippen molar-refractivity contribution >= 4 is 35.4 Å². The van der Waals surface area contributed by atoms with Crippen molar-refractivity contribution in [2.75, 3.05) is 19.0 Å². The molecule has 0 spiro atoms. The van der Waals surface area contributed by atoms with Crippen molar-refractivity contribution in [1.82, 2.24) is 0 Å². The quantitative estimate of drug-likeness (QED) is 0.437. The van der Waals surface area contributed by atoms with Crippen LogP contribution in [0.5, 0.6) is 0 Å². The zero-order chi connectivity index (χ0) is 21.4. The van der Waals surface area contributed by atoms with E-state index in [0.29, 0.717) is 11.1 Å². The molecular formula is C21H18FNO6. The van der Waals surface area contributed by atoms with Gasteiger partial charge < -0.3 is 14.8 Å². The van der Waals surface area contributed by atoms with E-state index < -0.39 is 30.1 Å². The molecule has 0 saturated heterocycles. The van der Waals surface area contributed by atoms with Gasteiger partial charge in [0.15, 0.2) is 6.61 Å². The van der Waals surface area contributed by atoms with Crippen LogP contribution in [0, 0.1) is 5.82 Å².